The van der Waals surface area contributed by atoms with Gasteiger partial charge >= 0.3 is 0 Å². The summed E-state index contributed by atoms with van der Waals surface area (Å²) in [4.78, 5) is 0.225. The molecule has 0 aliphatic heterocycles. The van der Waals surface area contributed by atoms with Gasteiger partial charge < -0.3 is 5.11 Å². The average Bonchev–Trinajstić information content (AvgIpc) is 2.02. The van der Waals surface area contributed by atoms with Gasteiger partial charge in [-0.25, -0.2) is 0 Å². The molecule has 2 rings (SSSR count). The lowest BCUT2D eigenvalue weighted by atomic mass is 9.97. The molecule has 3 heteroatoms. The summed E-state index contributed by atoms with van der Waals surface area (Å²) in [6, 6.07) is 5.39. The maximum atomic E-state index is 9.29. The number of alkyl halides is 1. The molecule has 0 saturated carbocycles. The van der Waals surface area contributed by atoms with Crippen LogP contribution in [0.15, 0.2) is 28.8 Å². The van der Waals surface area contributed by atoms with Gasteiger partial charge in [0.25, 0.3) is 0 Å². The van der Waals surface area contributed by atoms with Gasteiger partial charge in [-0.05, 0) is 23.3 Å². The third kappa shape index (κ3) is 1.81. The number of phenols is 1. The first-order valence-corrected chi connectivity index (χ1v) is 5.57. The van der Waals surface area contributed by atoms with Gasteiger partial charge in [0.1, 0.15) is 5.75 Å². The number of halogens is 2. The minimum atomic E-state index is 0.225. The lowest BCUT2D eigenvalue weighted by Gasteiger charge is -2.17. The molecule has 0 saturated heterocycles. The maximum absolute atomic E-state index is 9.29. The van der Waals surface area contributed by atoms with E-state index in [-0.39, 0.29) is 4.83 Å². The van der Waals surface area contributed by atoms with Crippen LogP contribution < -0.4 is 0 Å². The topological polar surface area (TPSA) is 20.2 Å². The summed E-state index contributed by atoms with van der Waals surface area (Å²) >= 11 is 6.96. The number of allylic oxidation sites excluding steroid dienone is 2. The van der Waals surface area contributed by atoms with E-state index in [0.29, 0.717) is 5.75 Å². The molecule has 0 heterocycles. The van der Waals surface area contributed by atoms with E-state index in [2.05, 4.69) is 37.9 Å². The van der Waals surface area contributed by atoms with Crippen molar-refractivity contribution in [3.63, 3.8) is 0 Å². The van der Waals surface area contributed by atoms with Gasteiger partial charge in [-0.2, -0.15) is 0 Å². The minimum Gasteiger partial charge on any atom is -0.508 e. The van der Waals surface area contributed by atoms with Gasteiger partial charge in [0, 0.05) is 10.9 Å². The average molecular weight is 303 g/mol. The largest absolute Gasteiger partial charge is 0.508 e. The normalized spacial score (nSPS) is 20.8. The van der Waals surface area contributed by atoms with Crippen molar-refractivity contribution < 1.29 is 5.11 Å². The summed E-state index contributed by atoms with van der Waals surface area (Å²) in [7, 11) is 0. The molecule has 1 aliphatic rings. The molecule has 67 valence electrons. The van der Waals surface area contributed by atoms with Crippen molar-refractivity contribution in [2.75, 3.05) is 0 Å². The Labute approximate surface area is 93.7 Å². The Morgan fingerprint density at radius 1 is 1.31 bits per heavy atom. The van der Waals surface area contributed by atoms with Gasteiger partial charge in [0.2, 0.25) is 0 Å². The number of hydrogen-bond acceptors (Lipinski definition) is 1. The molecule has 13 heavy (non-hydrogen) atoms. The fourth-order valence-electron chi connectivity index (χ4n) is 1.36. The van der Waals surface area contributed by atoms with Gasteiger partial charge in [0.05, 0.1) is 4.83 Å². The van der Waals surface area contributed by atoms with E-state index >= 15 is 0 Å². The second-order valence-corrected chi connectivity index (χ2v) is 4.81. The molecule has 1 radical (unpaired) electrons. The van der Waals surface area contributed by atoms with E-state index in [1.54, 1.807) is 12.1 Å². The number of fused-ring (bicyclic) bond motifs is 1. The van der Waals surface area contributed by atoms with Crippen LogP contribution in [0.5, 0.6) is 5.75 Å². The Balaban J connectivity index is 2.50. The fourth-order valence-corrected chi connectivity index (χ4v) is 2.93. The van der Waals surface area contributed by atoms with E-state index < -0.39 is 0 Å². The third-order valence-electron chi connectivity index (χ3n) is 1.97. The predicted octanol–water partition coefficient (Wildman–Crippen LogP) is 3.67. The molecule has 1 atom stereocenters. The van der Waals surface area contributed by atoms with Crippen LogP contribution in [0.2, 0.25) is 0 Å². The van der Waals surface area contributed by atoms with Crippen LogP contribution in [0.4, 0.5) is 0 Å². The van der Waals surface area contributed by atoms with E-state index in [1.165, 1.54) is 5.56 Å². The molecule has 0 amide bonds. The van der Waals surface area contributed by atoms with Crippen molar-refractivity contribution in [3.05, 3.63) is 46.3 Å². The third-order valence-corrected chi connectivity index (χ3v) is 3.22. The zero-order valence-corrected chi connectivity index (χ0v) is 9.84. The van der Waals surface area contributed by atoms with Crippen LogP contribution in [0.3, 0.4) is 0 Å². The summed E-state index contributed by atoms with van der Waals surface area (Å²) in [5.74, 6) is 0.303. The van der Waals surface area contributed by atoms with E-state index in [4.69, 9.17) is 0 Å². The van der Waals surface area contributed by atoms with E-state index in [0.717, 1.165) is 10.0 Å². The van der Waals surface area contributed by atoms with Crippen LogP contribution in [-0.4, -0.2) is 5.11 Å². The van der Waals surface area contributed by atoms with Crippen molar-refractivity contribution in [3.8, 4) is 5.75 Å². The first-order chi connectivity index (χ1) is 6.16. The summed E-state index contributed by atoms with van der Waals surface area (Å²) in [5, 5.41) is 9.29. The van der Waals surface area contributed by atoms with Gasteiger partial charge in [-0.1, -0.05) is 44.0 Å². The Kier molecular flexibility index (Phi) is 2.47. The van der Waals surface area contributed by atoms with Crippen LogP contribution >= 0.6 is 31.9 Å². The first-order valence-electron chi connectivity index (χ1n) is 3.86. The fraction of sp³-hybridized carbons (Fsp3) is 0.100. The highest BCUT2D eigenvalue weighted by Crippen LogP contribution is 2.38. The zero-order chi connectivity index (χ0) is 9.42. The van der Waals surface area contributed by atoms with Crippen LogP contribution in [0.1, 0.15) is 16.0 Å². The number of hydrogen-bond donors (Lipinski definition) is 1. The Morgan fingerprint density at radius 2 is 2.08 bits per heavy atom. The molecule has 1 nitrogen and oxygen atoms in total. The molecule has 1 aromatic rings. The molecule has 0 spiro atoms. The molecule has 1 N–H and O–H groups in total. The molecular formula is C10H7Br2O. The number of benzene rings is 1. The highest BCUT2D eigenvalue weighted by molar-refractivity contribution is 9.12. The summed E-state index contributed by atoms with van der Waals surface area (Å²) < 4.78 is 1.03. The lowest BCUT2D eigenvalue weighted by Crippen LogP contribution is -1.99. The Morgan fingerprint density at radius 3 is 2.85 bits per heavy atom. The van der Waals surface area contributed by atoms with Crippen molar-refractivity contribution in [1.82, 2.24) is 0 Å². The lowest BCUT2D eigenvalue weighted by molar-refractivity contribution is 0.474. The first kappa shape index (κ1) is 9.28. The standard InChI is InChI=1S/C10H7Br2O/c11-7-3-6-4-8(13)1-2-9(6)10(12)5-7/h1-5,10,13H. The van der Waals surface area contributed by atoms with Gasteiger partial charge in [0.15, 0.2) is 0 Å². The van der Waals surface area contributed by atoms with Crippen molar-refractivity contribution in [2.24, 2.45) is 0 Å². The van der Waals surface area contributed by atoms with Crippen LogP contribution in [0, 0.1) is 6.42 Å². The van der Waals surface area contributed by atoms with Gasteiger partial charge in [-0.3, -0.25) is 0 Å². The van der Waals surface area contributed by atoms with Crippen LogP contribution in [0.25, 0.3) is 0 Å². The highest BCUT2D eigenvalue weighted by Gasteiger charge is 2.17. The Bertz CT molecular complexity index is 371. The van der Waals surface area contributed by atoms with Crippen LogP contribution in [-0.2, 0) is 0 Å². The molecule has 0 aromatic heterocycles. The van der Waals surface area contributed by atoms with Crippen molar-refractivity contribution in [2.45, 2.75) is 4.83 Å². The van der Waals surface area contributed by atoms with Crippen molar-refractivity contribution in [1.29, 1.82) is 0 Å². The molecule has 1 aliphatic carbocycles. The smallest absolute Gasteiger partial charge is 0.115 e. The molecule has 1 aromatic carbocycles. The molecule has 1 unspecified atom stereocenters. The monoisotopic (exact) mass is 301 g/mol. The summed E-state index contributed by atoms with van der Waals surface area (Å²) in [6.07, 6.45) is 4.06. The van der Waals surface area contributed by atoms with Gasteiger partial charge in [-0.15, -0.1) is 0 Å². The molecular weight excluding hydrogens is 296 g/mol. The second-order valence-electron chi connectivity index (χ2n) is 2.91. The molecule has 0 fully saturated rings. The molecule has 0 bridgehead atoms. The van der Waals surface area contributed by atoms with E-state index in [1.807, 2.05) is 12.5 Å². The SMILES string of the molecule is Oc1ccc2c(c1)[CH]C(Br)=CC2Br. The van der Waals surface area contributed by atoms with E-state index in [9.17, 15) is 5.11 Å². The zero-order valence-electron chi connectivity index (χ0n) is 6.67. The number of aromatic hydroxyl groups is 1. The van der Waals surface area contributed by atoms with Crippen molar-refractivity contribution >= 4 is 31.9 Å². The summed E-state index contributed by atoms with van der Waals surface area (Å²) in [6.45, 7) is 0. The Hall–Kier alpha value is -0.280. The second kappa shape index (κ2) is 3.46. The highest BCUT2D eigenvalue weighted by atomic mass is 79.9. The maximum Gasteiger partial charge on any atom is 0.115 e. The predicted molar refractivity (Wildman–Crippen MR) is 60.2 cm³/mol. The number of rotatable bonds is 0. The quantitative estimate of drug-likeness (QED) is 0.725. The minimum absolute atomic E-state index is 0.225. The summed E-state index contributed by atoms with van der Waals surface area (Å²) in [5.41, 5.74) is 2.23. The number of phenolic OH excluding ortho intramolecular Hbond substituents is 1.